The fraction of sp³-hybridized carbons (Fsp3) is 0.176. The van der Waals surface area contributed by atoms with Crippen LogP contribution in [0.5, 0.6) is 0 Å². The molecule has 0 unspecified atom stereocenters. The van der Waals surface area contributed by atoms with E-state index in [-0.39, 0.29) is 22.8 Å². The SMILES string of the molecule is Cc1nc([C@@H](O)Cc2ccccc2)n(-c2cc(S(N)(=O)=O)ccc2F)n1. The summed E-state index contributed by atoms with van der Waals surface area (Å²) in [5.74, 6) is -0.292. The van der Waals surface area contributed by atoms with Crippen molar-refractivity contribution in [2.75, 3.05) is 0 Å². The summed E-state index contributed by atoms with van der Waals surface area (Å²) in [6.07, 6.45) is -0.814. The minimum atomic E-state index is -4.02. The van der Waals surface area contributed by atoms with E-state index in [4.69, 9.17) is 5.14 Å². The van der Waals surface area contributed by atoms with Crippen molar-refractivity contribution in [3.63, 3.8) is 0 Å². The minimum absolute atomic E-state index is 0.108. The molecule has 3 N–H and O–H groups in total. The fourth-order valence-corrected chi connectivity index (χ4v) is 3.12. The van der Waals surface area contributed by atoms with Crippen molar-refractivity contribution in [1.82, 2.24) is 14.8 Å². The Morgan fingerprint density at radius 1 is 1.23 bits per heavy atom. The molecule has 3 aromatic rings. The first-order chi connectivity index (χ1) is 12.3. The van der Waals surface area contributed by atoms with E-state index in [1.807, 2.05) is 30.3 Å². The molecule has 0 fully saturated rings. The Kier molecular flexibility index (Phi) is 4.86. The number of aryl methyl sites for hydroxylation is 1. The van der Waals surface area contributed by atoms with E-state index in [0.717, 1.165) is 28.4 Å². The van der Waals surface area contributed by atoms with Gasteiger partial charge in [-0.05, 0) is 30.7 Å². The molecule has 0 saturated carbocycles. The zero-order valence-corrected chi connectivity index (χ0v) is 14.7. The van der Waals surface area contributed by atoms with Gasteiger partial charge in [0.05, 0.1) is 4.90 Å². The molecule has 0 aliphatic rings. The van der Waals surface area contributed by atoms with Crippen LogP contribution in [0.25, 0.3) is 5.69 Å². The molecule has 9 heteroatoms. The Morgan fingerprint density at radius 3 is 2.58 bits per heavy atom. The molecule has 0 amide bonds. The molecular weight excluding hydrogens is 359 g/mol. The quantitative estimate of drug-likeness (QED) is 0.703. The molecule has 26 heavy (non-hydrogen) atoms. The zero-order valence-electron chi connectivity index (χ0n) is 13.9. The van der Waals surface area contributed by atoms with Gasteiger partial charge in [0.25, 0.3) is 0 Å². The van der Waals surface area contributed by atoms with Gasteiger partial charge in [-0.15, -0.1) is 0 Å². The number of sulfonamides is 1. The summed E-state index contributed by atoms with van der Waals surface area (Å²) in [6.45, 7) is 1.59. The summed E-state index contributed by atoms with van der Waals surface area (Å²) < 4.78 is 38.5. The van der Waals surface area contributed by atoms with Gasteiger partial charge in [0.2, 0.25) is 10.0 Å². The van der Waals surface area contributed by atoms with E-state index in [1.165, 1.54) is 0 Å². The van der Waals surface area contributed by atoms with Gasteiger partial charge in [-0.25, -0.2) is 27.6 Å². The topological polar surface area (TPSA) is 111 Å². The maximum Gasteiger partial charge on any atom is 0.238 e. The van der Waals surface area contributed by atoms with Crippen molar-refractivity contribution < 1.29 is 17.9 Å². The van der Waals surface area contributed by atoms with Crippen LogP contribution < -0.4 is 5.14 Å². The maximum atomic E-state index is 14.3. The highest BCUT2D eigenvalue weighted by Gasteiger charge is 2.22. The van der Waals surface area contributed by atoms with E-state index in [2.05, 4.69) is 10.1 Å². The van der Waals surface area contributed by atoms with E-state index >= 15 is 0 Å². The van der Waals surface area contributed by atoms with Crippen LogP contribution in [0.4, 0.5) is 4.39 Å². The number of nitrogens with zero attached hydrogens (tertiary/aromatic N) is 3. The highest BCUT2D eigenvalue weighted by Crippen LogP contribution is 2.23. The molecule has 0 spiro atoms. The van der Waals surface area contributed by atoms with Crippen LogP contribution in [0.2, 0.25) is 0 Å². The van der Waals surface area contributed by atoms with Crippen LogP contribution in [0.3, 0.4) is 0 Å². The van der Waals surface area contributed by atoms with Crippen LogP contribution in [0.15, 0.2) is 53.4 Å². The summed E-state index contributed by atoms with van der Waals surface area (Å²) in [5, 5.41) is 19.8. The van der Waals surface area contributed by atoms with Crippen LogP contribution in [0, 0.1) is 12.7 Å². The lowest BCUT2D eigenvalue weighted by molar-refractivity contribution is 0.165. The number of rotatable bonds is 5. The average molecular weight is 376 g/mol. The predicted octanol–water partition coefficient (Wildman–Crippen LogP) is 1.64. The molecule has 1 aromatic heterocycles. The first kappa shape index (κ1) is 18.2. The molecule has 0 aliphatic heterocycles. The second-order valence-corrected chi connectivity index (χ2v) is 7.35. The number of primary sulfonamides is 1. The van der Waals surface area contributed by atoms with Crippen molar-refractivity contribution >= 4 is 10.0 Å². The van der Waals surface area contributed by atoms with Gasteiger partial charge >= 0.3 is 0 Å². The Bertz CT molecular complexity index is 1040. The molecule has 7 nitrogen and oxygen atoms in total. The van der Waals surface area contributed by atoms with Gasteiger partial charge in [0.1, 0.15) is 23.4 Å². The van der Waals surface area contributed by atoms with Crippen molar-refractivity contribution in [3.8, 4) is 5.69 Å². The molecule has 3 rings (SSSR count). The van der Waals surface area contributed by atoms with E-state index < -0.39 is 21.9 Å². The van der Waals surface area contributed by atoms with Gasteiger partial charge in [-0.2, -0.15) is 5.10 Å². The first-order valence-corrected chi connectivity index (χ1v) is 9.28. The summed E-state index contributed by atoms with van der Waals surface area (Å²) >= 11 is 0. The molecule has 1 atom stereocenters. The summed E-state index contributed by atoms with van der Waals surface area (Å²) in [4.78, 5) is 3.91. The Morgan fingerprint density at radius 2 is 1.92 bits per heavy atom. The van der Waals surface area contributed by atoms with Crippen molar-refractivity contribution in [3.05, 3.63) is 71.6 Å². The summed E-state index contributed by atoms with van der Waals surface area (Å²) in [6, 6.07) is 12.4. The lowest BCUT2D eigenvalue weighted by Crippen LogP contribution is -2.15. The molecule has 0 saturated heterocycles. The Hall–Kier alpha value is -2.62. The standard InChI is InChI=1S/C17H17FN4O3S/c1-11-20-17(16(23)9-12-5-3-2-4-6-12)22(21-11)15-10-13(26(19,24)25)7-8-14(15)18/h2-8,10,16,23H,9H2,1H3,(H2,19,24,25)/t16-/m0/s1. The largest absolute Gasteiger partial charge is 0.385 e. The number of hydrogen-bond donors (Lipinski definition) is 2. The van der Waals surface area contributed by atoms with Crippen LogP contribution in [0.1, 0.15) is 23.3 Å². The second-order valence-electron chi connectivity index (χ2n) is 5.79. The molecule has 2 aromatic carbocycles. The van der Waals surface area contributed by atoms with Gasteiger partial charge < -0.3 is 5.11 Å². The van der Waals surface area contributed by atoms with Crippen LogP contribution in [-0.2, 0) is 16.4 Å². The summed E-state index contributed by atoms with van der Waals surface area (Å²) in [7, 11) is -4.02. The Balaban J connectivity index is 2.05. The number of halogens is 1. The normalized spacial score (nSPS) is 12.9. The number of aromatic nitrogens is 3. The van der Waals surface area contributed by atoms with Crippen molar-refractivity contribution in [2.24, 2.45) is 5.14 Å². The van der Waals surface area contributed by atoms with Gasteiger partial charge in [-0.1, -0.05) is 30.3 Å². The maximum absolute atomic E-state index is 14.3. The van der Waals surface area contributed by atoms with Crippen LogP contribution >= 0.6 is 0 Å². The summed E-state index contributed by atoms with van der Waals surface area (Å²) in [5.41, 5.74) is 0.713. The average Bonchev–Trinajstić information content (AvgIpc) is 2.97. The minimum Gasteiger partial charge on any atom is -0.385 e. The van der Waals surface area contributed by atoms with Crippen molar-refractivity contribution in [1.29, 1.82) is 0 Å². The third-order valence-electron chi connectivity index (χ3n) is 3.78. The smallest absolute Gasteiger partial charge is 0.238 e. The third kappa shape index (κ3) is 3.79. The molecule has 1 heterocycles. The molecule has 0 radical (unpaired) electrons. The number of hydrogen-bond acceptors (Lipinski definition) is 5. The highest BCUT2D eigenvalue weighted by atomic mass is 32.2. The van der Waals surface area contributed by atoms with Crippen LogP contribution in [-0.4, -0.2) is 28.3 Å². The Labute approximate surface area is 150 Å². The zero-order chi connectivity index (χ0) is 18.9. The van der Waals surface area contributed by atoms with E-state index in [0.29, 0.717) is 5.82 Å². The number of benzene rings is 2. The van der Waals surface area contributed by atoms with Crippen molar-refractivity contribution in [2.45, 2.75) is 24.3 Å². The van der Waals surface area contributed by atoms with E-state index in [1.54, 1.807) is 6.92 Å². The number of aliphatic hydroxyl groups is 1. The fourth-order valence-electron chi connectivity index (χ4n) is 2.58. The number of nitrogens with two attached hydrogens (primary N) is 1. The highest BCUT2D eigenvalue weighted by molar-refractivity contribution is 7.89. The molecule has 0 bridgehead atoms. The lowest BCUT2D eigenvalue weighted by atomic mass is 10.1. The lowest BCUT2D eigenvalue weighted by Gasteiger charge is -2.13. The monoisotopic (exact) mass is 376 g/mol. The first-order valence-electron chi connectivity index (χ1n) is 7.74. The third-order valence-corrected chi connectivity index (χ3v) is 4.69. The molecule has 136 valence electrons. The second kappa shape index (κ2) is 6.94. The van der Waals surface area contributed by atoms with Gasteiger partial charge in [0.15, 0.2) is 5.82 Å². The molecule has 0 aliphatic carbocycles. The van der Waals surface area contributed by atoms with Gasteiger partial charge in [0, 0.05) is 6.42 Å². The van der Waals surface area contributed by atoms with E-state index in [9.17, 15) is 17.9 Å². The molecular formula is C17H17FN4O3S. The van der Waals surface area contributed by atoms with Gasteiger partial charge in [-0.3, -0.25) is 0 Å². The number of aliphatic hydroxyl groups excluding tert-OH is 1. The predicted molar refractivity (Wildman–Crippen MR) is 92.5 cm³/mol.